The van der Waals surface area contributed by atoms with E-state index in [0.717, 1.165) is 36.5 Å². The summed E-state index contributed by atoms with van der Waals surface area (Å²) in [4.78, 5) is 17.1. The molecule has 3 rings (SSSR count). The van der Waals surface area contributed by atoms with Gasteiger partial charge in [-0.15, -0.1) is 36.2 Å². The zero-order valence-corrected chi connectivity index (χ0v) is 14.6. The van der Waals surface area contributed by atoms with Gasteiger partial charge < -0.3 is 10.6 Å². The predicted octanol–water partition coefficient (Wildman–Crippen LogP) is 1.87. The summed E-state index contributed by atoms with van der Waals surface area (Å²) in [5, 5.41) is 11.3. The molecule has 1 amide bonds. The van der Waals surface area contributed by atoms with Gasteiger partial charge in [0.1, 0.15) is 9.88 Å². The molecule has 0 aliphatic carbocycles. The predicted molar refractivity (Wildman–Crippen MR) is 92.2 cm³/mol. The Balaban J connectivity index is 0.00000121. The van der Waals surface area contributed by atoms with E-state index >= 15 is 0 Å². The average Bonchev–Trinajstić information content (AvgIpc) is 3.08. The molecule has 0 spiro atoms. The molecule has 0 bridgehead atoms. The summed E-state index contributed by atoms with van der Waals surface area (Å²) in [5.41, 5.74) is 0.941. The number of carbonyl (C=O) groups is 1. The number of thiazole rings is 1. The molecular weight excluding hydrogens is 345 g/mol. The number of halogens is 2. The van der Waals surface area contributed by atoms with Crippen LogP contribution in [0.15, 0.2) is 18.6 Å². The van der Waals surface area contributed by atoms with Crippen molar-refractivity contribution in [3.63, 3.8) is 0 Å². The number of carbonyl (C=O) groups excluding carboxylic acids is 1. The summed E-state index contributed by atoms with van der Waals surface area (Å²) in [5.74, 6) is -0.0358. The maximum absolute atomic E-state index is 12.2. The fourth-order valence-electron chi connectivity index (χ4n) is 2.28. The zero-order chi connectivity index (χ0) is 13.9. The van der Waals surface area contributed by atoms with E-state index in [0.29, 0.717) is 4.88 Å². The Kier molecular flexibility index (Phi) is 7.28. The topological polar surface area (TPSA) is 71.8 Å². The Labute approximate surface area is 145 Å². The van der Waals surface area contributed by atoms with Crippen LogP contribution in [0.2, 0.25) is 0 Å². The molecule has 2 aromatic rings. The summed E-state index contributed by atoms with van der Waals surface area (Å²) in [6.07, 6.45) is 7.43. The average molecular weight is 364 g/mol. The summed E-state index contributed by atoms with van der Waals surface area (Å²) in [6.45, 7) is 1.89. The molecule has 0 radical (unpaired) electrons. The first-order valence-electron chi connectivity index (χ1n) is 6.69. The lowest BCUT2D eigenvalue weighted by atomic mass is 10.1. The van der Waals surface area contributed by atoms with Crippen LogP contribution in [-0.4, -0.2) is 39.8 Å². The van der Waals surface area contributed by atoms with Gasteiger partial charge in [-0.3, -0.25) is 9.48 Å². The van der Waals surface area contributed by atoms with Crippen LogP contribution in [0.4, 0.5) is 0 Å². The van der Waals surface area contributed by atoms with E-state index in [9.17, 15) is 4.79 Å². The van der Waals surface area contributed by atoms with Gasteiger partial charge in [-0.2, -0.15) is 5.10 Å². The monoisotopic (exact) mass is 363 g/mol. The summed E-state index contributed by atoms with van der Waals surface area (Å²) < 4.78 is 1.73. The van der Waals surface area contributed by atoms with Crippen molar-refractivity contribution >= 4 is 42.1 Å². The molecule has 1 aliphatic rings. The number of hydrogen-bond acceptors (Lipinski definition) is 5. The van der Waals surface area contributed by atoms with E-state index in [2.05, 4.69) is 20.7 Å². The molecule has 22 heavy (non-hydrogen) atoms. The molecule has 2 N–H and O–H groups in total. The molecule has 3 heterocycles. The summed E-state index contributed by atoms with van der Waals surface area (Å²) >= 11 is 1.40. The van der Waals surface area contributed by atoms with Crippen LogP contribution in [-0.2, 0) is 7.05 Å². The minimum absolute atomic E-state index is 0. The molecule has 0 aromatic carbocycles. The van der Waals surface area contributed by atoms with Crippen molar-refractivity contribution in [1.29, 1.82) is 0 Å². The van der Waals surface area contributed by atoms with Crippen LogP contribution in [0.5, 0.6) is 0 Å². The highest BCUT2D eigenvalue weighted by Crippen LogP contribution is 2.24. The van der Waals surface area contributed by atoms with Gasteiger partial charge in [0.05, 0.1) is 12.4 Å². The minimum atomic E-state index is -0.0358. The Morgan fingerprint density at radius 3 is 2.91 bits per heavy atom. The van der Waals surface area contributed by atoms with Gasteiger partial charge in [-0.1, -0.05) is 0 Å². The molecule has 2 aromatic heterocycles. The zero-order valence-electron chi connectivity index (χ0n) is 12.1. The third-order valence-corrected chi connectivity index (χ3v) is 4.36. The van der Waals surface area contributed by atoms with Gasteiger partial charge in [0.25, 0.3) is 5.91 Å². The second-order valence-electron chi connectivity index (χ2n) is 4.95. The van der Waals surface area contributed by atoms with E-state index < -0.39 is 0 Å². The van der Waals surface area contributed by atoms with E-state index in [4.69, 9.17) is 0 Å². The molecule has 1 saturated heterocycles. The standard InChI is InChI=1S/C13H17N5OS.2ClH/c1-18-8-9(5-16-18)13-15-7-11(20-13)12(19)17-10-3-2-4-14-6-10;;/h5,7-8,10,14H,2-4,6H2,1H3,(H,17,19);2*1H/t10-;;/m0../s1. The first-order valence-corrected chi connectivity index (χ1v) is 7.50. The Morgan fingerprint density at radius 1 is 1.45 bits per heavy atom. The highest BCUT2D eigenvalue weighted by molar-refractivity contribution is 7.16. The van der Waals surface area contributed by atoms with Crippen LogP contribution >= 0.6 is 36.2 Å². The Bertz CT molecular complexity index is 609. The van der Waals surface area contributed by atoms with Crippen molar-refractivity contribution in [1.82, 2.24) is 25.4 Å². The molecule has 122 valence electrons. The first kappa shape index (κ1) is 18.9. The van der Waals surface area contributed by atoms with E-state index in [-0.39, 0.29) is 36.8 Å². The van der Waals surface area contributed by atoms with Gasteiger partial charge >= 0.3 is 0 Å². The largest absolute Gasteiger partial charge is 0.347 e. The van der Waals surface area contributed by atoms with Crippen LogP contribution in [0.1, 0.15) is 22.5 Å². The molecule has 1 aliphatic heterocycles. The number of nitrogens with zero attached hydrogens (tertiary/aromatic N) is 3. The van der Waals surface area contributed by atoms with Gasteiger partial charge in [0.2, 0.25) is 0 Å². The maximum Gasteiger partial charge on any atom is 0.263 e. The van der Waals surface area contributed by atoms with E-state index in [1.807, 2.05) is 13.2 Å². The second kappa shape index (κ2) is 8.47. The summed E-state index contributed by atoms with van der Waals surface area (Å²) in [6, 6.07) is 0.222. The van der Waals surface area contributed by atoms with Crippen LogP contribution in [0.3, 0.4) is 0 Å². The molecule has 0 saturated carbocycles. The van der Waals surface area contributed by atoms with E-state index in [1.165, 1.54) is 11.3 Å². The quantitative estimate of drug-likeness (QED) is 0.872. The molecule has 9 heteroatoms. The third-order valence-electron chi connectivity index (χ3n) is 3.31. The number of aryl methyl sites for hydroxylation is 1. The van der Waals surface area contributed by atoms with Crippen molar-refractivity contribution in [3.8, 4) is 10.6 Å². The number of piperidine rings is 1. The fourth-order valence-corrected chi connectivity index (χ4v) is 3.07. The lowest BCUT2D eigenvalue weighted by Crippen LogP contribution is -2.45. The Hall–Kier alpha value is -1.15. The number of nitrogens with one attached hydrogen (secondary N) is 2. The lowest BCUT2D eigenvalue weighted by Gasteiger charge is -2.23. The van der Waals surface area contributed by atoms with Crippen molar-refractivity contribution in [2.45, 2.75) is 18.9 Å². The number of amides is 1. The van der Waals surface area contributed by atoms with Gasteiger partial charge in [-0.05, 0) is 19.4 Å². The van der Waals surface area contributed by atoms with Gasteiger partial charge in [0, 0.05) is 31.4 Å². The SMILES string of the molecule is Cl.Cl.Cn1cc(-c2ncc(C(=O)N[C@H]3CCCNC3)s2)cn1. The number of aromatic nitrogens is 3. The molecule has 0 unspecified atom stereocenters. The summed E-state index contributed by atoms with van der Waals surface area (Å²) in [7, 11) is 1.86. The fraction of sp³-hybridized carbons (Fsp3) is 0.462. The molecule has 1 atom stereocenters. The van der Waals surface area contributed by atoms with Crippen molar-refractivity contribution in [3.05, 3.63) is 23.5 Å². The highest BCUT2D eigenvalue weighted by Gasteiger charge is 2.18. The van der Waals surface area contributed by atoms with E-state index in [1.54, 1.807) is 17.1 Å². The molecular formula is C13H19Cl2N5OS. The first-order chi connectivity index (χ1) is 9.72. The van der Waals surface area contributed by atoms with Gasteiger partial charge in [-0.25, -0.2) is 4.98 Å². The maximum atomic E-state index is 12.2. The van der Waals surface area contributed by atoms with Gasteiger partial charge in [0.15, 0.2) is 0 Å². The minimum Gasteiger partial charge on any atom is -0.347 e. The Morgan fingerprint density at radius 2 is 2.27 bits per heavy atom. The highest BCUT2D eigenvalue weighted by atomic mass is 35.5. The number of rotatable bonds is 3. The van der Waals surface area contributed by atoms with Crippen LogP contribution in [0, 0.1) is 0 Å². The van der Waals surface area contributed by atoms with Crippen molar-refractivity contribution in [2.75, 3.05) is 13.1 Å². The third kappa shape index (κ3) is 4.42. The smallest absolute Gasteiger partial charge is 0.263 e. The van der Waals surface area contributed by atoms with Crippen molar-refractivity contribution in [2.24, 2.45) is 7.05 Å². The van der Waals surface area contributed by atoms with Crippen molar-refractivity contribution < 1.29 is 4.79 Å². The molecule has 1 fully saturated rings. The lowest BCUT2D eigenvalue weighted by molar-refractivity contribution is 0.0934. The molecule has 6 nitrogen and oxygen atoms in total. The second-order valence-corrected chi connectivity index (χ2v) is 5.98. The number of hydrogen-bond donors (Lipinski definition) is 2. The van der Waals surface area contributed by atoms with Crippen LogP contribution in [0.25, 0.3) is 10.6 Å². The van der Waals surface area contributed by atoms with Crippen LogP contribution < -0.4 is 10.6 Å². The normalized spacial score (nSPS) is 17.2.